The summed E-state index contributed by atoms with van der Waals surface area (Å²) in [6.07, 6.45) is 1.87. The first-order valence-electron chi connectivity index (χ1n) is 10.5. The van der Waals surface area contributed by atoms with E-state index in [1.54, 1.807) is 24.3 Å². The molecular formula is C24H33N3O3. The molecule has 0 aliphatic carbocycles. The second-order valence-corrected chi connectivity index (χ2v) is 7.82. The van der Waals surface area contributed by atoms with Gasteiger partial charge in [0.25, 0.3) is 5.91 Å². The number of ether oxygens (including phenoxy) is 1. The van der Waals surface area contributed by atoms with Crippen molar-refractivity contribution >= 4 is 23.2 Å². The Bertz CT molecular complexity index is 819. The van der Waals surface area contributed by atoms with Crippen LogP contribution in [-0.2, 0) is 4.79 Å². The lowest BCUT2D eigenvalue weighted by atomic mass is 10.1. The molecule has 0 saturated heterocycles. The molecule has 30 heavy (non-hydrogen) atoms. The molecule has 6 nitrogen and oxygen atoms in total. The highest BCUT2D eigenvalue weighted by Crippen LogP contribution is 2.18. The number of nitrogens with one attached hydrogen (secondary N) is 3. The summed E-state index contributed by atoms with van der Waals surface area (Å²) >= 11 is 0. The quantitative estimate of drug-likeness (QED) is 0.501. The Labute approximate surface area is 179 Å². The summed E-state index contributed by atoms with van der Waals surface area (Å²) in [6.45, 7) is 9.09. The van der Waals surface area contributed by atoms with E-state index >= 15 is 0 Å². The van der Waals surface area contributed by atoms with E-state index in [1.165, 1.54) is 0 Å². The number of amides is 2. The Kier molecular flexibility index (Phi) is 9.19. The van der Waals surface area contributed by atoms with Gasteiger partial charge < -0.3 is 20.7 Å². The van der Waals surface area contributed by atoms with Gasteiger partial charge in [-0.05, 0) is 62.1 Å². The normalized spacial score (nSPS) is 11.6. The molecule has 0 saturated carbocycles. The third kappa shape index (κ3) is 8.15. The molecule has 1 unspecified atom stereocenters. The monoisotopic (exact) mass is 411 g/mol. The lowest BCUT2D eigenvalue weighted by molar-refractivity contribution is -0.114. The van der Waals surface area contributed by atoms with Gasteiger partial charge in [0, 0.05) is 29.0 Å². The molecule has 0 fully saturated rings. The van der Waals surface area contributed by atoms with Gasteiger partial charge in [0.05, 0.1) is 13.2 Å². The molecule has 0 radical (unpaired) electrons. The molecule has 0 aliphatic heterocycles. The van der Waals surface area contributed by atoms with Crippen LogP contribution in [0.2, 0.25) is 0 Å². The van der Waals surface area contributed by atoms with Gasteiger partial charge in [-0.15, -0.1) is 0 Å². The third-order valence-electron chi connectivity index (χ3n) is 4.67. The predicted molar refractivity (Wildman–Crippen MR) is 122 cm³/mol. The Morgan fingerprint density at radius 1 is 1.00 bits per heavy atom. The van der Waals surface area contributed by atoms with Crippen molar-refractivity contribution in [1.29, 1.82) is 0 Å². The van der Waals surface area contributed by atoms with E-state index in [9.17, 15) is 9.59 Å². The lowest BCUT2D eigenvalue weighted by Gasteiger charge is -2.12. The minimum Gasteiger partial charge on any atom is -0.494 e. The van der Waals surface area contributed by atoms with Gasteiger partial charge >= 0.3 is 0 Å². The number of carbonyl (C=O) groups is 2. The summed E-state index contributed by atoms with van der Waals surface area (Å²) < 4.78 is 5.73. The summed E-state index contributed by atoms with van der Waals surface area (Å²) in [5, 5.41) is 8.86. The van der Waals surface area contributed by atoms with Crippen LogP contribution in [0.4, 0.5) is 11.4 Å². The van der Waals surface area contributed by atoms with Crippen LogP contribution in [0.3, 0.4) is 0 Å². The standard InChI is InChI=1S/C24H33N3O3/c1-5-18(4)26-24(29)19-9-11-20(12-10-19)25-16-23(28)27-21-7-6-8-22(15-21)30-14-13-17(2)3/h6-12,15,17-18,25H,5,13-14,16H2,1-4H3,(H,26,29)(H,27,28). The fourth-order valence-corrected chi connectivity index (χ4v) is 2.61. The van der Waals surface area contributed by atoms with Crippen LogP contribution in [0.1, 0.15) is 50.9 Å². The summed E-state index contributed by atoms with van der Waals surface area (Å²) in [5.74, 6) is 1.08. The number of anilines is 2. The first kappa shape index (κ1) is 23.3. The molecule has 6 heteroatoms. The van der Waals surface area contributed by atoms with Crippen molar-refractivity contribution in [1.82, 2.24) is 5.32 Å². The minimum atomic E-state index is -0.159. The smallest absolute Gasteiger partial charge is 0.251 e. The van der Waals surface area contributed by atoms with E-state index in [2.05, 4.69) is 29.8 Å². The van der Waals surface area contributed by atoms with Crippen molar-refractivity contribution in [3.63, 3.8) is 0 Å². The van der Waals surface area contributed by atoms with Gasteiger partial charge in [-0.3, -0.25) is 9.59 Å². The van der Waals surface area contributed by atoms with Crippen molar-refractivity contribution < 1.29 is 14.3 Å². The van der Waals surface area contributed by atoms with E-state index in [4.69, 9.17) is 4.74 Å². The number of hydrogen-bond acceptors (Lipinski definition) is 4. The second kappa shape index (κ2) is 11.9. The van der Waals surface area contributed by atoms with Crippen molar-refractivity contribution in [3.8, 4) is 5.75 Å². The zero-order valence-electron chi connectivity index (χ0n) is 18.3. The van der Waals surface area contributed by atoms with Crippen molar-refractivity contribution in [3.05, 3.63) is 54.1 Å². The van der Waals surface area contributed by atoms with Crippen LogP contribution in [0.5, 0.6) is 5.75 Å². The second-order valence-electron chi connectivity index (χ2n) is 7.82. The van der Waals surface area contributed by atoms with Crippen LogP contribution in [0, 0.1) is 5.92 Å². The van der Waals surface area contributed by atoms with E-state index in [0.29, 0.717) is 23.8 Å². The molecule has 0 bridgehead atoms. The molecule has 0 aromatic heterocycles. The van der Waals surface area contributed by atoms with Gasteiger partial charge in [-0.25, -0.2) is 0 Å². The largest absolute Gasteiger partial charge is 0.494 e. The molecule has 0 heterocycles. The van der Waals surface area contributed by atoms with Gasteiger partial charge in [0.1, 0.15) is 5.75 Å². The molecular weight excluding hydrogens is 378 g/mol. The predicted octanol–water partition coefficient (Wildman–Crippen LogP) is 4.69. The lowest BCUT2D eigenvalue weighted by Crippen LogP contribution is -2.31. The average Bonchev–Trinajstić information content (AvgIpc) is 2.72. The summed E-state index contributed by atoms with van der Waals surface area (Å²) in [7, 11) is 0. The molecule has 2 aromatic carbocycles. The zero-order chi connectivity index (χ0) is 21.9. The molecule has 0 spiro atoms. The van der Waals surface area contributed by atoms with Crippen LogP contribution in [0.25, 0.3) is 0 Å². The van der Waals surface area contributed by atoms with Gasteiger partial charge in [-0.1, -0.05) is 26.8 Å². The molecule has 162 valence electrons. The highest BCUT2D eigenvalue weighted by Gasteiger charge is 2.09. The molecule has 2 aromatic rings. The van der Waals surface area contributed by atoms with Crippen molar-refractivity contribution in [2.75, 3.05) is 23.8 Å². The Morgan fingerprint density at radius 3 is 2.40 bits per heavy atom. The third-order valence-corrected chi connectivity index (χ3v) is 4.67. The van der Waals surface area contributed by atoms with Crippen molar-refractivity contribution in [2.45, 2.75) is 46.6 Å². The first-order chi connectivity index (χ1) is 14.4. The fraction of sp³-hybridized carbons (Fsp3) is 0.417. The number of carbonyl (C=O) groups excluding carboxylic acids is 2. The van der Waals surface area contributed by atoms with Gasteiger partial charge in [-0.2, -0.15) is 0 Å². The topological polar surface area (TPSA) is 79.5 Å². The van der Waals surface area contributed by atoms with Crippen molar-refractivity contribution in [2.24, 2.45) is 5.92 Å². The highest BCUT2D eigenvalue weighted by atomic mass is 16.5. The summed E-state index contributed by atoms with van der Waals surface area (Å²) in [6, 6.07) is 14.6. The molecule has 1 atom stereocenters. The summed E-state index contributed by atoms with van der Waals surface area (Å²) in [4.78, 5) is 24.4. The average molecular weight is 412 g/mol. The van der Waals surface area contributed by atoms with Crippen LogP contribution in [0.15, 0.2) is 48.5 Å². The zero-order valence-corrected chi connectivity index (χ0v) is 18.3. The molecule has 0 aliphatic rings. The van der Waals surface area contributed by atoms with E-state index in [1.807, 2.05) is 38.1 Å². The van der Waals surface area contributed by atoms with E-state index in [-0.39, 0.29) is 24.4 Å². The van der Waals surface area contributed by atoms with Crippen LogP contribution >= 0.6 is 0 Å². The minimum absolute atomic E-state index is 0.0934. The highest BCUT2D eigenvalue weighted by molar-refractivity contribution is 5.95. The fourth-order valence-electron chi connectivity index (χ4n) is 2.61. The summed E-state index contributed by atoms with van der Waals surface area (Å²) in [5.41, 5.74) is 2.07. The number of benzene rings is 2. The number of hydrogen-bond donors (Lipinski definition) is 3. The van der Waals surface area contributed by atoms with Crippen LogP contribution in [-0.4, -0.2) is 31.0 Å². The molecule has 2 rings (SSSR count). The maximum atomic E-state index is 12.3. The van der Waals surface area contributed by atoms with Gasteiger partial charge in [0.2, 0.25) is 5.91 Å². The maximum Gasteiger partial charge on any atom is 0.251 e. The Balaban J connectivity index is 1.81. The maximum absolute atomic E-state index is 12.3. The van der Waals surface area contributed by atoms with E-state index < -0.39 is 0 Å². The SMILES string of the molecule is CCC(C)NC(=O)c1ccc(NCC(=O)Nc2cccc(OCCC(C)C)c2)cc1. The van der Waals surface area contributed by atoms with Gasteiger partial charge in [0.15, 0.2) is 0 Å². The van der Waals surface area contributed by atoms with Crippen LogP contribution < -0.4 is 20.7 Å². The Hall–Kier alpha value is -3.02. The Morgan fingerprint density at radius 2 is 1.73 bits per heavy atom. The van der Waals surface area contributed by atoms with E-state index in [0.717, 1.165) is 24.3 Å². The molecule has 2 amide bonds. The molecule has 3 N–H and O–H groups in total. The first-order valence-corrected chi connectivity index (χ1v) is 10.5. The number of rotatable bonds is 11.